The number of rotatable bonds is 1. The van der Waals surface area contributed by atoms with Gasteiger partial charge in [0.1, 0.15) is 6.61 Å². The van der Waals surface area contributed by atoms with Crippen LogP contribution in [-0.2, 0) is 4.74 Å². The van der Waals surface area contributed by atoms with E-state index in [1.54, 1.807) is 0 Å². The zero-order chi connectivity index (χ0) is 9.97. The van der Waals surface area contributed by atoms with Crippen LogP contribution in [-0.4, -0.2) is 25.7 Å². The highest BCUT2D eigenvalue weighted by atomic mass is 16.6. The van der Waals surface area contributed by atoms with Crippen LogP contribution in [0.3, 0.4) is 0 Å². The molecule has 0 saturated carbocycles. The van der Waals surface area contributed by atoms with Crippen molar-refractivity contribution in [1.29, 1.82) is 5.41 Å². The first-order chi connectivity index (χ1) is 6.81. The van der Waals surface area contributed by atoms with Crippen LogP contribution < -0.4 is 9.47 Å². The van der Waals surface area contributed by atoms with Crippen LogP contribution in [0.1, 0.15) is 0 Å². The number of ether oxygens (including phenoxy) is 3. The second kappa shape index (κ2) is 3.57. The Morgan fingerprint density at radius 3 is 2.86 bits per heavy atom. The zero-order valence-electron chi connectivity index (χ0n) is 7.82. The first-order valence-electron chi connectivity index (χ1n) is 4.32. The average Bonchev–Trinajstić information content (AvgIpc) is 2.27. The molecule has 0 amide bonds. The van der Waals surface area contributed by atoms with E-state index in [0.29, 0.717) is 18.1 Å². The highest BCUT2D eigenvalue weighted by Crippen LogP contribution is 2.30. The summed E-state index contributed by atoms with van der Waals surface area (Å²) in [5.74, 6) is 1.46. The zero-order valence-corrected chi connectivity index (χ0v) is 7.82. The van der Waals surface area contributed by atoms with Crippen molar-refractivity contribution in [3.63, 3.8) is 0 Å². The molecule has 0 aliphatic carbocycles. The van der Waals surface area contributed by atoms with Gasteiger partial charge in [-0.3, -0.25) is 5.41 Å². The summed E-state index contributed by atoms with van der Waals surface area (Å²) < 4.78 is 15.7. The smallest absolute Gasteiger partial charge is 0.226 e. The Morgan fingerprint density at radius 1 is 1.43 bits per heavy atom. The van der Waals surface area contributed by atoms with Crippen molar-refractivity contribution in [2.24, 2.45) is 0 Å². The van der Waals surface area contributed by atoms with Crippen molar-refractivity contribution in [2.45, 2.75) is 6.10 Å². The van der Waals surface area contributed by atoms with Crippen LogP contribution in [0.4, 0.5) is 0 Å². The van der Waals surface area contributed by atoms with Crippen molar-refractivity contribution in [3.8, 4) is 11.5 Å². The minimum atomic E-state index is -0.435. The summed E-state index contributed by atoms with van der Waals surface area (Å²) in [6, 6.07) is 7.39. The van der Waals surface area contributed by atoms with Crippen molar-refractivity contribution in [3.05, 3.63) is 24.3 Å². The molecule has 1 unspecified atom stereocenters. The molecule has 74 valence electrons. The molecule has 1 aromatic carbocycles. The maximum atomic E-state index is 7.45. The number of nitrogens with one attached hydrogen (secondary N) is 1. The molecule has 0 aromatic heterocycles. The fourth-order valence-corrected chi connectivity index (χ4v) is 1.28. The molecule has 1 N–H and O–H groups in total. The van der Waals surface area contributed by atoms with Gasteiger partial charge in [-0.05, 0) is 12.1 Å². The molecule has 0 saturated heterocycles. The number of hydrogen-bond acceptors (Lipinski definition) is 4. The summed E-state index contributed by atoms with van der Waals surface area (Å²) >= 11 is 0. The maximum Gasteiger partial charge on any atom is 0.226 e. The number of benzene rings is 1. The Hall–Kier alpha value is -1.71. The molecular weight excluding hydrogens is 182 g/mol. The Labute approximate surface area is 81.9 Å². The van der Waals surface area contributed by atoms with E-state index < -0.39 is 6.10 Å². The fraction of sp³-hybridized carbons (Fsp3) is 0.300. The van der Waals surface area contributed by atoms with E-state index in [4.69, 9.17) is 19.6 Å². The van der Waals surface area contributed by atoms with Crippen molar-refractivity contribution >= 4 is 5.90 Å². The summed E-state index contributed by atoms with van der Waals surface area (Å²) in [5, 5.41) is 7.45. The third-order valence-corrected chi connectivity index (χ3v) is 2.02. The summed E-state index contributed by atoms with van der Waals surface area (Å²) in [6.07, 6.45) is -0.435. The van der Waals surface area contributed by atoms with Crippen molar-refractivity contribution in [2.75, 3.05) is 13.7 Å². The predicted octanol–water partition coefficient (Wildman–Crippen LogP) is 1.45. The van der Waals surface area contributed by atoms with Gasteiger partial charge in [0, 0.05) is 0 Å². The van der Waals surface area contributed by atoms with Crippen LogP contribution in [0, 0.1) is 5.41 Å². The molecule has 4 heteroatoms. The van der Waals surface area contributed by atoms with Gasteiger partial charge in [0.25, 0.3) is 0 Å². The average molecular weight is 193 g/mol. The Balaban J connectivity index is 2.17. The molecule has 14 heavy (non-hydrogen) atoms. The summed E-state index contributed by atoms with van der Waals surface area (Å²) in [6.45, 7) is 0.323. The van der Waals surface area contributed by atoms with Gasteiger partial charge in [0.05, 0.1) is 7.11 Å². The van der Waals surface area contributed by atoms with Gasteiger partial charge in [-0.2, -0.15) is 0 Å². The van der Waals surface area contributed by atoms with E-state index in [0.717, 1.165) is 0 Å². The SMILES string of the molecule is COC(=N)C1COc2ccccc2O1. The minimum absolute atomic E-state index is 0.0829. The first kappa shape index (κ1) is 8.87. The van der Waals surface area contributed by atoms with Crippen LogP contribution in [0.2, 0.25) is 0 Å². The van der Waals surface area contributed by atoms with Crippen LogP contribution in [0.15, 0.2) is 24.3 Å². The van der Waals surface area contributed by atoms with Gasteiger partial charge in [-0.25, -0.2) is 0 Å². The van der Waals surface area contributed by atoms with Crippen LogP contribution in [0.5, 0.6) is 11.5 Å². The van der Waals surface area contributed by atoms with E-state index in [1.807, 2.05) is 24.3 Å². The molecule has 2 rings (SSSR count). The van der Waals surface area contributed by atoms with Crippen molar-refractivity contribution < 1.29 is 14.2 Å². The molecule has 0 radical (unpaired) electrons. The summed E-state index contributed by atoms with van der Waals surface area (Å²) in [7, 11) is 1.45. The van der Waals surface area contributed by atoms with Gasteiger partial charge >= 0.3 is 0 Å². The fourth-order valence-electron chi connectivity index (χ4n) is 1.28. The Kier molecular flexibility index (Phi) is 2.26. The van der Waals surface area contributed by atoms with E-state index in [9.17, 15) is 0 Å². The topological polar surface area (TPSA) is 51.5 Å². The third-order valence-electron chi connectivity index (χ3n) is 2.02. The lowest BCUT2D eigenvalue weighted by molar-refractivity contribution is 0.117. The van der Waals surface area contributed by atoms with Gasteiger partial charge in [-0.1, -0.05) is 12.1 Å². The lowest BCUT2D eigenvalue weighted by Gasteiger charge is -2.25. The molecule has 4 nitrogen and oxygen atoms in total. The second-order valence-corrected chi connectivity index (χ2v) is 2.93. The van der Waals surface area contributed by atoms with Gasteiger partial charge in [-0.15, -0.1) is 0 Å². The lowest BCUT2D eigenvalue weighted by atomic mass is 10.2. The van der Waals surface area contributed by atoms with Crippen LogP contribution >= 0.6 is 0 Å². The van der Waals surface area contributed by atoms with E-state index in [2.05, 4.69) is 0 Å². The number of fused-ring (bicyclic) bond motifs is 1. The number of hydrogen-bond donors (Lipinski definition) is 1. The number of methoxy groups -OCH3 is 1. The predicted molar refractivity (Wildman–Crippen MR) is 51.1 cm³/mol. The quantitative estimate of drug-likeness (QED) is 0.542. The highest BCUT2D eigenvalue weighted by molar-refractivity contribution is 5.78. The normalized spacial score (nSPS) is 18.8. The van der Waals surface area contributed by atoms with Gasteiger partial charge in [0.2, 0.25) is 12.0 Å². The lowest BCUT2D eigenvalue weighted by Crippen LogP contribution is -2.36. The molecular formula is C10H11NO3. The molecule has 1 heterocycles. The molecule has 0 bridgehead atoms. The van der Waals surface area contributed by atoms with E-state index in [1.165, 1.54) is 7.11 Å². The van der Waals surface area contributed by atoms with E-state index in [-0.39, 0.29) is 5.90 Å². The second-order valence-electron chi connectivity index (χ2n) is 2.93. The first-order valence-corrected chi connectivity index (χ1v) is 4.32. The van der Waals surface area contributed by atoms with E-state index >= 15 is 0 Å². The number of para-hydroxylation sites is 2. The highest BCUT2D eigenvalue weighted by Gasteiger charge is 2.24. The minimum Gasteiger partial charge on any atom is -0.485 e. The Bertz CT molecular complexity index is 351. The standard InChI is InChI=1S/C10H11NO3/c1-12-10(11)9-6-13-7-4-2-3-5-8(7)14-9/h2-5,9,11H,6H2,1H3. The molecule has 1 aliphatic rings. The van der Waals surface area contributed by atoms with Gasteiger partial charge in [0.15, 0.2) is 11.5 Å². The maximum absolute atomic E-state index is 7.45. The molecule has 1 aromatic rings. The monoisotopic (exact) mass is 193 g/mol. The van der Waals surface area contributed by atoms with Crippen LogP contribution in [0.25, 0.3) is 0 Å². The molecule has 1 atom stereocenters. The summed E-state index contributed by atoms with van der Waals surface area (Å²) in [4.78, 5) is 0. The Morgan fingerprint density at radius 2 is 2.14 bits per heavy atom. The van der Waals surface area contributed by atoms with Crippen molar-refractivity contribution in [1.82, 2.24) is 0 Å². The molecule has 0 fully saturated rings. The molecule has 1 aliphatic heterocycles. The molecule has 0 spiro atoms. The van der Waals surface area contributed by atoms with Gasteiger partial charge < -0.3 is 14.2 Å². The third kappa shape index (κ3) is 1.51. The summed E-state index contributed by atoms with van der Waals surface area (Å²) in [5.41, 5.74) is 0. The largest absolute Gasteiger partial charge is 0.485 e.